The van der Waals surface area contributed by atoms with E-state index in [1.807, 2.05) is 0 Å². The van der Waals surface area contributed by atoms with Gasteiger partial charge in [0, 0.05) is 19.7 Å². The molecular formula is C13H17NO3. The smallest absolute Gasteiger partial charge is 0.257 e. The first kappa shape index (κ1) is 11.9. The number of amides is 1. The highest BCUT2D eigenvalue weighted by Gasteiger charge is 2.27. The summed E-state index contributed by atoms with van der Waals surface area (Å²) in [4.78, 5) is 13.9. The van der Waals surface area contributed by atoms with Crippen molar-refractivity contribution in [1.82, 2.24) is 4.90 Å². The number of aromatic hydroxyl groups is 1. The van der Waals surface area contributed by atoms with Gasteiger partial charge in [-0.15, -0.1) is 0 Å². The first-order chi connectivity index (χ1) is 8.22. The number of phenols is 1. The maximum absolute atomic E-state index is 12.1. The minimum atomic E-state index is -0.122. The quantitative estimate of drug-likeness (QED) is 0.828. The van der Waals surface area contributed by atoms with Gasteiger partial charge in [-0.05, 0) is 30.9 Å². The van der Waals surface area contributed by atoms with Crippen molar-refractivity contribution in [2.75, 3.05) is 19.7 Å². The van der Waals surface area contributed by atoms with E-state index in [4.69, 9.17) is 5.11 Å². The Hall–Kier alpha value is -1.55. The summed E-state index contributed by atoms with van der Waals surface area (Å²) < 4.78 is 0. The molecule has 0 aliphatic carbocycles. The van der Waals surface area contributed by atoms with E-state index in [0.717, 1.165) is 12.8 Å². The average molecular weight is 235 g/mol. The highest BCUT2D eigenvalue weighted by Crippen LogP contribution is 2.24. The lowest BCUT2D eigenvalue weighted by Gasteiger charge is -2.17. The van der Waals surface area contributed by atoms with Crippen molar-refractivity contribution in [3.05, 3.63) is 29.8 Å². The summed E-state index contributed by atoms with van der Waals surface area (Å²) in [6.07, 6.45) is 1.67. The van der Waals surface area contributed by atoms with Gasteiger partial charge >= 0.3 is 0 Å². The van der Waals surface area contributed by atoms with Crippen LogP contribution in [0.1, 0.15) is 23.2 Å². The average Bonchev–Trinajstić information content (AvgIpc) is 2.78. The van der Waals surface area contributed by atoms with Gasteiger partial charge in [0.15, 0.2) is 0 Å². The predicted molar refractivity (Wildman–Crippen MR) is 63.8 cm³/mol. The molecule has 92 valence electrons. The molecule has 1 aliphatic heterocycles. The van der Waals surface area contributed by atoms with Crippen molar-refractivity contribution in [1.29, 1.82) is 0 Å². The molecule has 1 aromatic carbocycles. The molecule has 0 radical (unpaired) electrons. The Labute approximate surface area is 100 Å². The number of para-hydroxylation sites is 1. The van der Waals surface area contributed by atoms with Crippen molar-refractivity contribution < 1.29 is 15.0 Å². The second-order valence-corrected chi connectivity index (χ2v) is 4.44. The van der Waals surface area contributed by atoms with Gasteiger partial charge in [-0.25, -0.2) is 0 Å². The third kappa shape index (κ3) is 2.58. The number of hydrogen-bond donors (Lipinski definition) is 2. The van der Waals surface area contributed by atoms with Crippen LogP contribution < -0.4 is 0 Å². The summed E-state index contributed by atoms with van der Waals surface area (Å²) in [5.41, 5.74) is 0.358. The number of nitrogens with zero attached hydrogens (tertiary/aromatic N) is 1. The lowest BCUT2D eigenvalue weighted by Crippen LogP contribution is -2.28. The molecule has 4 nitrogen and oxygen atoms in total. The SMILES string of the molecule is O=C(c1ccccc1O)N1CCC(CCO)C1. The molecule has 4 heteroatoms. The van der Waals surface area contributed by atoms with Gasteiger partial charge in [0.2, 0.25) is 0 Å². The van der Waals surface area contributed by atoms with Gasteiger partial charge in [0.1, 0.15) is 5.75 Å². The highest BCUT2D eigenvalue weighted by atomic mass is 16.3. The number of aliphatic hydroxyl groups excluding tert-OH is 1. The van der Waals surface area contributed by atoms with Crippen molar-refractivity contribution in [3.63, 3.8) is 0 Å². The summed E-state index contributed by atoms with van der Waals surface area (Å²) in [6.45, 7) is 1.55. The fourth-order valence-electron chi connectivity index (χ4n) is 2.26. The number of carbonyl (C=O) groups excluding carboxylic acids is 1. The zero-order valence-corrected chi connectivity index (χ0v) is 9.67. The molecule has 17 heavy (non-hydrogen) atoms. The lowest BCUT2D eigenvalue weighted by atomic mass is 10.1. The first-order valence-electron chi connectivity index (χ1n) is 5.90. The molecule has 1 aliphatic rings. The zero-order chi connectivity index (χ0) is 12.3. The minimum Gasteiger partial charge on any atom is -0.507 e. The third-order valence-electron chi connectivity index (χ3n) is 3.24. The second kappa shape index (κ2) is 5.19. The first-order valence-corrected chi connectivity index (χ1v) is 5.90. The minimum absolute atomic E-state index is 0.0307. The normalized spacial score (nSPS) is 19.6. The number of carbonyl (C=O) groups is 1. The van der Waals surface area contributed by atoms with E-state index >= 15 is 0 Å². The van der Waals surface area contributed by atoms with E-state index in [-0.39, 0.29) is 18.3 Å². The topological polar surface area (TPSA) is 60.8 Å². The predicted octanol–water partition coefficient (Wildman–Crippen LogP) is 1.24. The molecule has 2 N–H and O–H groups in total. The Morgan fingerprint density at radius 2 is 2.18 bits per heavy atom. The Morgan fingerprint density at radius 1 is 1.41 bits per heavy atom. The number of rotatable bonds is 3. The summed E-state index contributed by atoms with van der Waals surface area (Å²) in [6, 6.07) is 6.60. The molecule has 1 aromatic rings. The van der Waals surface area contributed by atoms with Gasteiger partial charge in [0.25, 0.3) is 5.91 Å². The van der Waals surface area contributed by atoms with Gasteiger partial charge in [-0.3, -0.25) is 4.79 Å². The van der Waals surface area contributed by atoms with Crippen LogP contribution in [0.2, 0.25) is 0 Å². The number of hydrogen-bond acceptors (Lipinski definition) is 3. The summed E-state index contributed by atoms with van der Waals surface area (Å²) >= 11 is 0. The van der Waals surface area contributed by atoms with Crippen molar-refractivity contribution >= 4 is 5.91 Å². The van der Waals surface area contributed by atoms with E-state index < -0.39 is 0 Å². The Kier molecular flexibility index (Phi) is 3.64. The number of likely N-dealkylation sites (tertiary alicyclic amines) is 1. The molecule has 1 unspecified atom stereocenters. The Bertz CT molecular complexity index is 405. The molecule has 1 amide bonds. The molecule has 2 rings (SSSR count). The van der Waals surface area contributed by atoms with Crippen LogP contribution in [0.3, 0.4) is 0 Å². The third-order valence-corrected chi connectivity index (χ3v) is 3.24. The highest BCUT2D eigenvalue weighted by molar-refractivity contribution is 5.96. The molecule has 0 saturated carbocycles. The van der Waals surface area contributed by atoms with E-state index in [2.05, 4.69) is 0 Å². The van der Waals surface area contributed by atoms with Crippen molar-refractivity contribution in [2.45, 2.75) is 12.8 Å². The molecule has 0 aromatic heterocycles. The molecule has 1 heterocycles. The van der Waals surface area contributed by atoms with E-state index in [1.54, 1.807) is 23.1 Å². The van der Waals surface area contributed by atoms with E-state index in [0.29, 0.717) is 24.6 Å². The van der Waals surface area contributed by atoms with Crippen molar-refractivity contribution in [3.8, 4) is 5.75 Å². The Balaban J connectivity index is 2.05. The van der Waals surface area contributed by atoms with Crippen LogP contribution in [0.25, 0.3) is 0 Å². The van der Waals surface area contributed by atoms with Crippen molar-refractivity contribution in [2.24, 2.45) is 5.92 Å². The van der Waals surface area contributed by atoms with E-state index in [1.165, 1.54) is 6.07 Å². The standard InChI is InChI=1S/C13H17NO3/c15-8-6-10-5-7-14(9-10)13(17)11-3-1-2-4-12(11)16/h1-4,10,15-16H,5-9H2. The summed E-state index contributed by atoms with van der Waals surface area (Å²) in [7, 11) is 0. The van der Waals surface area contributed by atoms with Gasteiger partial charge in [-0.2, -0.15) is 0 Å². The van der Waals surface area contributed by atoms with Crippen LogP contribution in [0, 0.1) is 5.92 Å². The fourth-order valence-corrected chi connectivity index (χ4v) is 2.26. The van der Waals surface area contributed by atoms with Gasteiger partial charge in [0.05, 0.1) is 5.56 Å². The maximum Gasteiger partial charge on any atom is 0.257 e. The maximum atomic E-state index is 12.1. The molecule has 1 atom stereocenters. The largest absolute Gasteiger partial charge is 0.507 e. The molecule has 0 bridgehead atoms. The van der Waals surface area contributed by atoms with Crippen LogP contribution in [0.5, 0.6) is 5.75 Å². The molecular weight excluding hydrogens is 218 g/mol. The molecule has 1 saturated heterocycles. The Morgan fingerprint density at radius 3 is 2.88 bits per heavy atom. The van der Waals surface area contributed by atoms with Gasteiger partial charge < -0.3 is 15.1 Å². The monoisotopic (exact) mass is 235 g/mol. The summed E-state index contributed by atoms with van der Waals surface area (Å²) in [5.74, 6) is 0.293. The molecule has 0 spiro atoms. The van der Waals surface area contributed by atoms with Crippen LogP contribution in [-0.2, 0) is 0 Å². The fraction of sp³-hybridized carbons (Fsp3) is 0.462. The van der Waals surface area contributed by atoms with Crippen LogP contribution in [-0.4, -0.2) is 40.7 Å². The second-order valence-electron chi connectivity index (χ2n) is 4.44. The number of phenolic OH excluding ortho intramolecular Hbond substituents is 1. The van der Waals surface area contributed by atoms with Crippen LogP contribution in [0.15, 0.2) is 24.3 Å². The van der Waals surface area contributed by atoms with Crippen LogP contribution in [0.4, 0.5) is 0 Å². The number of aliphatic hydroxyl groups is 1. The van der Waals surface area contributed by atoms with E-state index in [9.17, 15) is 9.90 Å². The lowest BCUT2D eigenvalue weighted by molar-refractivity contribution is 0.0781. The van der Waals surface area contributed by atoms with Crippen LogP contribution >= 0.6 is 0 Å². The number of benzene rings is 1. The summed E-state index contributed by atoms with van der Waals surface area (Å²) in [5, 5.41) is 18.5. The van der Waals surface area contributed by atoms with Gasteiger partial charge in [-0.1, -0.05) is 12.1 Å². The molecule has 1 fully saturated rings. The zero-order valence-electron chi connectivity index (χ0n) is 9.67.